The predicted molar refractivity (Wildman–Crippen MR) is 110 cm³/mol. The molecule has 28 heavy (non-hydrogen) atoms. The van der Waals surface area contributed by atoms with Gasteiger partial charge in [0.05, 0.1) is 34.5 Å². The summed E-state index contributed by atoms with van der Waals surface area (Å²) >= 11 is 6.70. The van der Waals surface area contributed by atoms with Crippen LogP contribution in [0.4, 0.5) is 0 Å². The van der Waals surface area contributed by atoms with Crippen molar-refractivity contribution in [2.24, 2.45) is 0 Å². The van der Waals surface area contributed by atoms with Crippen LogP contribution in [-0.4, -0.2) is 45.3 Å². The van der Waals surface area contributed by atoms with E-state index >= 15 is 0 Å². The van der Waals surface area contributed by atoms with Crippen molar-refractivity contribution >= 4 is 28.5 Å². The molecule has 1 aliphatic rings. The Bertz CT molecular complexity index is 1030. The van der Waals surface area contributed by atoms with Crippen molar-refractivity contribution in [1.29, 1.82) is 0 Å². The largest absolute Gasteiger partial charge is 0.497 e. The number of benzene rings is 1. The zero-order valence-corrected chi connectivity index (χ0v) is 17.0. The number of halogens is 1. The number of piperidine rings is 1. The fourth-order valence-electron chi connectivity index (χ4n) is 3.82. The normalized spacial score (nSPS) is 17.1. The number of carbonyl (C=O) groups excluding carboxylic acids is 1. The third kappa shape index (κ3) is 3.11. The monoisotopic (exact) mass is 398 g/mol. The molecule has 0 spiro atoms. The molecule has 0 unspecified atom stereocenters. The van der Waals surface area contributed by atoms with E-state index in [1.54, 1.807) is 18.0 Å². The first-order chi connectivity index (χ1) is 13.5. The highest BCUT2D eigenvalue weighted by Crippen LogP contribution is 2.32. The Morgan fingerprint density at radius 2 is 2.00 bits per heavy atom. The highest BCUT2D eigenvalue weighted by atomic mass is 35.5. The van der Waals surface area contributed by atoms with Crippen LogP contribution in [0.1, 0.15) is 42.2 Å². The zero-order chi connectivity index (χ0) is 19.8. The van der Waals surface area contributed by atoms with Crippen molar-refractivity contribution < 1.29 is 9.53 Å². The number of methoxy groups -OCH3 is 1. The summed E-state index contributed by atoms with van der Waals surface area (Å²) in [6.07, 6.45) is 4.78. The van der Waals surface area contributed by atoms with E-state index in [4.69, 9.17) is 16.3 Å². The molecule has 1 aliphatic heterocycles. The van der Waals surface area contributed by atoms with Crippen LogP contribution in [0.5, 0.6) is 5.75 Å². The van der Waals surface area contributed by atoms with E-state index in [0.29, 0.717) is 21.6 Å². The van der Waals surface area contributed by atoms with Crippen molar-refractivity contribution in [3.63, 3.8) is 0 Å². The van der Waals surface area contributed by atoms with E-state index in [9.17, 15) is 4.79 Å². The molecule has 2 aromatic heterocycles. The number of rotatable bonds is 3. The molecule has 0 aliphatic carbocycles. The molecule has 3 heterocycles. The van der Waals surface area contributed by atoms with Gasteiger partial charge in [-0.2, -0.15) is 5.10 Å². The average Bonchev–Trinajstić information content (AvgIpc) is 3.05. The smallest absolute Gasteiger partial charge is 0.257 e. The van der Waals surface area contributed by atoms with Gasteiger partial charge in [0.2, 0.25) is 0 Å². The Labute approximate surface area is 169 Å². The molecule has 0 N–H and O–H groups in total. The molecule has 0 saturated carbocycles. The number of fused-ring (bicyclic) bond motifs is 1. The van der Waals surface area contributed by atoms with Crippen molar-refractivity contribution in [2.75, 3.05) is 13.7 Å². The molecule has 1 aromatic carbocycles. The van der Waals surface area contributed by atoms with Crippen LogP contribution >= 0.6 is 11.6 Å². The van der Waals surface area contributed by atoms with Gasteiger partial charge < -0.3 is 9.64 Å². The second-order valence-electron chi connectivity index (χ2n) is 7.22. The molecule has 0 radical (unpaired) electrons. The van der Waals surface area contributed by atoms with Gasteiger partial charge in [-0.15, -0.1) is 0 Å². The molecule has 1 saturated heterocycles. The first-order valence-corrected chi connectivity index (χ1v) is 9.88. The molecule has 0 bridgehead atoms. The molecule has 4 rings (SSSR count). The molecular formula is C21H23ClN4O2. The summed E-state index contributed by atoms with van der Waals surface area (Å²) in [5.41, 5.74) is 2.67. The number of hydrogen-bond donors (Lipinski definition) is 0. The summed E-state index contributed by atoms with van der Waals surface area (Å²) in [5.74, 6) is 0.717. The summed E-state index contributed by atoms with van der Waals surface area (Å²) in [6, 6.07) is 7.78. The number of aromatic nitrogens is 3. The highest BCUT2D eigenvalue weighted by molar-refractivity contribution is 6.38. The summed E-state index contributed by atoms with van der Waals surface area (Å²) in [5, 5.41) is 5.75. The third-order valence-electron chi connectivity index (χ3n) is 5.42. The van der Waals surface area contributed by atoms with Gasteiger partial charge in [-0.3, -0.25) is 4.79 Å². The second kappa shape index (κ2) is 7.43. The summed E-state index contributed by atoms with van der Waals surface area (Å²) < 4.78 is 6.96. The lowest BCUT2D eigenvalue weighted by atomic mass is 10.0. The Hall–Kier alpha value is -2.60. The van der Waals surface area contributed by atoms with E-state index in [1.807, 2.05) is 36.1 Å². The Kier molecular flexibility index (Phi) is 4.98. The van der Waals surface area contributed by atoms with Gasteiger partial charge >= 0.3 is 0 Å². The minimum absolute atomic E-state index is 0.0526. The van der Waals surface area contributed by atoms with E-state index in [-0.39, 0.29) is 11.9 Å². The number of pyridine rings is 1. The van der Waals surface area contributed by atoms with Crippen molar-refractivity contribution in [3.05, 3.63) is 46.7 Å². The van der Waals surface area contributed by atoms with Crippen LogP contribution < -0.4 is 4.74 Å². The number of hydrogen-bond acceptors (Lipinski definition) is 4. The second-order valence-corrected chi connectivity index (χ2v) is 7.60. The van der Waals surface area contributed by atoms with Crippen LogP contribution in [0.2, 0.25) is 5.02 Å². The number of ether oxygens (including phenoxy) is 1. The minimum atomic E-state index is -0.0526. The number of aryl methyl sites for hydroxylation is 1. The van der Waals surface area contributed by atoms with E-state index in [2.05, 4.69) is 17.0 Å². The average molecular weight is 399 g/mol. The first-order valence-electron chi connectivity index (χ1n) is 9.50. The number of amides is 1. The van der Waals surface area contributed by atoms with Gasteiger partial charge in [0.15, 0.2) is 5.65 Å². The molecule has 146 valence electrons. The van der Waals surface area contributed by atoms with Crippen molar-refractivity contribution in [2.45, 2.75) is 39.2 Å². The molecule has 1 amide bonds. The molecular weight excluding hydrogens is 376 g/mol. The van der Waals surface area contributed by atoms with Gasteiger partial charge in [0.25, 0.3) is 5.91 Å². The Morgan fingerprint density at radius 1 is 1.25 bits per heavy atom. The lowest BCUT2D eigenvalue weighted by Crippen LogP contribution is -2.42. The van der Waals surface area contributed by atoms with E-state index in [0.717, 1.165) is 42.9 Å². The van der Waals surface area contributed by atoms with Crippen LogP contribution in [-0.2, 0) is 0 Å². The molecule has 6 nitrogen and oxygen atoms in total. The van der Waals surface area contributed by atoms with Gasteiger partial charge in [0, 0.05) is 18.8 Å². The summed E-state index contributed by atoms with van der Waals surface area (Å²) in [7, 11) is 1.63. The van der Waals surface area contributed by atoms with Gasteiger partial charge in [-0.25, -0.2) is 9.67 Å². The van der Waals surface area contributed by atoms with Gasteiger partial charge in [-0.1, -0.05) is 11.6 Å². The minimum Gasteiger partial charge on any atom is -0.497 e. The molecule has 1 atom stereocenters. The molecule has 1 fully saturated rings. The quantitative estimate of drug-likeness (QED) is 0.655. The summed E-state index contributed by atoms with van der Waals surface area (Å²) in [6.45, 7) is 4.73. The van der Waals surface area contributed by atoms with Crippen LogP contribution in [0.25, 0.3) is 16.7 Å². The third-order valence-corrected chi connectivity index (χ3v) is 5.81. The number of nitrogens with zero attached hydrogens (tertiary/aromatic N) is 4. The van der Waals surface area contributed by atoms with Crippen LogP contribution in [0, 0.1) is 6.92 Å². The number of carbonyl (C=O) groups is 1. The topological polar surface area (TPSA) is 60.3 Å². The Morgan fingerprint density at radius 3 is 2.68 bits per heavy atom. The van der Waals surface area contributed by atoms with Crippen LogP contribution in [0.3, 0.4) is 0 Å². The fourth-order valence-corrected chi connectivity index (χ4v) is 4.17. The lowest BCUT2D eigenvalue weighted by molar-refractivity contribution is 0.0635. The first kappa shape index (κ1) is 18.7. The SMILES string of the molecule is COc1ccc(-n2nc(C)c3c(Cl)c(C(=O)N4CCCC[C@H]4C)cnc32)cc1. The van der Waals surface area contributed by atoms with Gasteiger partial charge in [-0.05, 0) is 57.4 Å². The zero-order valence-electron chi connectivity index (χ0n) is 16.3. The maximum Gasteiger partial charge on any atom is 0.257 e. The van der Waals surface area contributed by atoms with E-state index in [1.165, 1.54) is 0 Å². The maximum absolute atomic E-state index is 13.1. The fraction of sp³-hybridized carbons (Fsp3) is 0.381. The standard InChI is InChI=1S/C21H23ClN4O2/c1-13-6-4-5-11-25(13)21(27)17-12-23-20-18(19(17)22)14(2)24-26(20)15-7-9-16(28-3)10-8-15/h7-10,12-13H,4-6,11H2,1-3H3/t13-/m1/s1. The van der Waals surface area contributed by atoms with Crippen LogP contribution in [0.15, 0.2) is 30.5 Å². The molecule has 3 aromatic rings. The summed E-state index contributed by atoms with van der Waals surface area (Å²) in [4.78, 5) is 19.6. The van der Waals surface area contributed by atoms with Gasteiger partial charge in [0.1, 0.15) is 5.75 Å². The predicted octanol–water partition coefficient (Wildman–Crippen LogP) is 4.41. The maximum atomic E-state index is 13.1. The highest BCUT2D eigenvalue weighted by Gasteiger charge is 2.28. The van der Waals surface area contributed by atoms with Crippen molar-refractivity contribution in [1.82, 2.24) is 19.7 Å². The number of likely N-dealkylation sites (tertiary alicyclic amines) is 1. The lowest BCUT2D eigenvalue weighted by Gasteiger charge is -2.33. The van der Waals surface area contributed by atoms with E-state index < -0.39 is 0 Å². The Balaban J connectivity index is 1.77. The van der Waals surface area contributed by atoms with Crippen molar-refractivity contribution in [3.8, 4) is 11.4 Å². The molecule has 7 heteroatoms.